The van der Waals surface area contributed by atoms with E-state index in [1.807, 2.05) is 67.6 Å². The molecule has 6 heteroatoms. The smallest absolute Gasteiger partial charge is 0.253 e. The zero-order chi connectivity index (χ0) is 24.4. The van der Waals surface area contributed by atoms with Crippen molar-refractivity contribution in [1.82, 2.24) is 15.1 Å². The number of fused-ring (bicyclic) bond motifs is 1. The largest absolute Gasteiger partial charge is 0.497 e. The minimum Gasteiger partial charge on any atom is -0.497 e. The number of benzene rings is 4. The summed E-state index contributed by atoms with van der Waals surface area (Å²) in [5.74, 6) is 1.67. The molecule has 1 heterocycles. The van der Waals surface area contributed by atoms with Crippen molar-refractivity contribution in [2.24, 2.45) is 0 Å². The lowest BCUT2D eigenvalue weighted by atomic mass is 10.1. The third-order valence-corrected chi connectivity index (χ3v) is 6.06. The molecule has 35 heavy (non-hydrogen) atoms. The summed E-state index contributed by atoms with van der Waals surface area (Å²) in [6, 6.07) is 27.3. The Balaban J connectivity index is 1.29. The van der Waals surface area contributed by atoms with E-state index in [2.05, 4.69) is 22.3 Å². The molecule has 0 aliphatic rings. The van der Waals surface area contributed by atoms with E-state index in [1.165, 1.54) is 0 Å². The van der Waals surface area contributed by atoms with E-state index in [1.54, 1.807) is 31.2 Å². The van der Waals surface area contributed by atoms with E-state index in [-0.39, 0.29) is 5.91 Å². The molecule has 0 bridgehead atoms. The van der Waals surface area contributed by atoms with Gasteiger partial charge >= 0.3 is 0 Å². The van der Waals surface area contributed by atoms with Gasteiger partial charge in [0.05, 0.1) is 7.11 Å². The van der Waals surface area contributed by atoms with Crippen LogP contribution in [0.15, 0.2) is 89.3 Å². The van der Waals surface area contributed by atoms with Crippen LogP contribution in [-0.4, -0.2) is 35.2 Å². The van der Waals surface area contributed by atoms with Crippen LogP contribution in [0.2, 0.25) is 0 Å². The third-order valence-electron chi connectivity index (χ3n) is 6.06. The minimum absolute atomic E-state index is 0.0579. The van der Waals surface area contributed by atoms with Crippen molar-refractivity contribution in [3.05, 3.63) is 102 Å². The normalized spacial score (nSPS) is 10.9. The number of amides is 1. The summed E-state index contributed by atoms with van der Waals surface area (Å²) in [5, 5.41) is 10.6. The number of carbonyl (C=O) groups excluding carboxylic acids is 1. The van der Waals surface area contributed by atoms with Gasteiger partial charge in [0.2, 0.25) is 11.8 Å². The van der Waals surface area contributed by atoms with Crippen LogP contribution in [0.5, 0.6) is 5.75 Å². The molecule has 0 N–H and O–H groups in total. The first-order chi connectivity index (χ1) is 17.0. The lowest BCUT2D eigenvalue weighted by Crippen LogP contribution is -2.26. The fourth-order valence-corrected chi connectivity index (χ4v) is 4.08. The number of methoxy groups -OCH3 is 1. The zero-order valence-electron chi connectivity index (χ0n) is 19.9. The van der Waals surface area contributed by atoms with Crippen molar-refractivity contribution in [1.29, 1.82) is 0 Å². The van der Waals surface area contributed by atoms with Crippen LogP contribution in [0.3, 0.4) is 0 Å². The van der Waals surface area contributed by atoms with Crippen molar-refractivity contribution in [2.45, 2.75) is 13.5 Å². The number of nitrogens with zero attached hydrogens (tertiary/aromatic N) is 3. The number of hydrogen-bond donors (Lipinski definition) is 0. The summed E-state index contributed by atoms with van der Waals surface area (Å²) < 4.78 is 11.2. The Morgan fingerprint density at radius 2 is 1.60 bits per heavy atom. The van der Waals surface area contributed by atoms with Crippen LogP contribution in [0, 0.1) is 6.92 Å². The lowest BCUT2D eigenvalue weighted by molar-refractivity contribution is 0.0785. The van der Waals surface area contributed by atoms with Gasteiger partial charge in [-0.3, -0.25) is 4.79 Å². The van der Waals surface area contributed by atoms with Crippen LogP contribution < -0.4 is 4.74 Å². The van der Waals surface area contributed by atoms with Gasteiger partial charge in [0, 0.05) is 30.3 Å². The maximum Gasteiger partial charge on any atom is 0.253 e. The molecule has 0 aliphatic carbocycles. The Morgan fingerprint density at radius 1 is 0.886 bits per heavy atom. The predicted octanol–water partition coefficient (Wildman–Crippen LogP) is 6.15. The molecule has 5 aromatic rings. The van der Waals surface area contributed by atoms with Crippen molar-refractivity contribution < 1.29 is 13.9 Å². The Morgan fingerprint density at radius 3 is 2.37 bits per heavy atom. The van der Waals surface area contributed by atoms with E-state index in [0.29, 0.717) is 23.9 Å². The van der Waals surface area contributed by atoms with E-state index >= 15 is 0 Å². The second-order valence-corrected chi connectivity index (χ2v) is 8.51. The molecule has 0 radical (unpaired) electrons. The molecular weight excluding hydrogens is 438 g/mol. The second kappa shape index (κ2) is 9.43. The molecule has 4 aromatic carbocycles. The van der Waals surface area contributed by atoms with Crippen molar-refractivity contribution >= 4 is 16.7 Å². The number of ether oxygens (including phenoxy) is 1. The average Bonchev–Trinajstić information content (AvgIpc) is 3.38. The van der Waals surface area contributed by atoms with Crippen LogP contribution in [0.25, 0.3) is 33.7 Å². The molecular formula is C29H25N3O3. The van der Waals surface area contributed by atoms with Gasteiger partial charge < -0.3 is 14.1 Å². The lowest BCUT2D eigenvalue weighted by Gasteiger charge is -2.18. The first-order valence-corrected chi connectivity index (χ1v) is 11.3. The Hall–Kier alpha value is -4.45. The minimum atomic E-state index is -0.0579. The van der Waals surface area contributed by atoms with Crippen molar-refractivity contribution in [3.63, 3.8) is 0 Å². The summed E-state index contributed by atoms with van der Waals surface area (Å²) >= 11 is 0. The second-order valence-electron chi connectivity index (χ2n) is 8.51. The molecule has 0 atom stereocenters. The van der Waals surface area contributed by atoms with Gasteiger partial charge in [-0.15, -0.1) is 10.2 Å². The van der Waals surface area contributed by atoms with Gasteiger partial charge in [0.1, 0.15) is 5.75 Å². The monoisotopic (exact) mass is 463 g/mol. The molecule has 0 fully saturated rings. The number of carbonyl (C=O) groups is 1. The van der Waals surface area contributed by atoms with Crippen LogP contribution in [0.4, 0.5) is 0 Å². The number of hydrogen-bond acceptors (Lipinski definition) is 5. The van der Waals surface area contributed by atoms with E-state index in [9.17, 15) is 4.79 Å². The summed E-state index contributed by atoms with van der Waals surface area (Å²) in [4.78, 5) is 14.7. The highest BCUT2D eigenvalue weighted by molar-refractivity contribution is 5.94. The summed E-state index contributed by atoms with van der Waals surface area (Å²) in [6.07, 6.45) is 0. The first-order valence-electron chi connectivity index (χ1n) is 11.3. The zero-order valence-corrected chi connectivity index (χ0v) is 19.9. The number of aromatic nitrogens is 2. The molecule has 5 rings (SSSR count). The third kappa shape index (κ3) is 4.64. The molecule has 1 amide bonds. The molecule has 6 nitrogen and oxygen atoms in total. The first kappa shape index (κ1) is 22.3. The molecule has 174 valence electrons. The van der Waals surface area contributed by atoms with E-state index in [0.717, 1.165) is 38.8 Å². The molecule has 0 unspecified atom stereocenters. The SMILES string of the molecule is COc1ccc2cc(CN(C)C(=O)c3ccc(-c4nnc(-c5ccccc5C)o4)cc3)ccc2c1. The Labute approximate surface area is 203 Å². The molecule has 0 saturated carbocycles. The summed E-state index contributed by atoms with van der Waals surface area (Å²) in [6.45, 7) is 2.51. The Kier molecular flexibility index (Phi) is 6.02. The van der Waals surface area contributed by atoms with Gasteiger partial charge in [-0.2, -0.15) is 0 Å². The predicted molar refractivity (Wildman–Crippen MR) is 136 cm³/mol. The molecule has 0 aliphatic heterocycles. The maximum absolute atomic E-state index is 13.0. The highest BCUT2D eigenvalue weighted by Gasteiger charge is 2.15. The standard InChI is InChI=1S/C29H25N3O3/c1-19-6-4-5-7-26(19)28-31-30-27(35-28)21-10-12-22(13-11-21)29(33)32(2)18-20-8-9-24-17-25(34-3)15-14-23(24)16-20/h4-17H,18H2,1-3H3. The van der Waals surface area contributed by atoms with Gasteiger partial charge in [-0.25, -0.2) is 0 Å². The highest BCUT2D eigenvalue weighted by Crippen LogP contribution is 2.27. The van der Waals surface area contributed by atoms with Crippen molar-refractivity contribution in [2.75, 3.05) is 14.2 Å². The molecule has 0 saturated heterocycles. The van der Waals surface area contributed by atoms with Gasteiger partial charge in [-0.05, 0) is 77.4 Å². The van der Waals surface area contributed by atoms with Crippen LogP contribution in [0.1, 0.15) is 21.5 Å². The van der Waals surface area contributed by atoms with Gasteiger partial charge in [0.25, 0.3) is 5.91 Å². The number of aryl methyl sites for hydroxylation is 1. The van der Waals surface area contributed by atoms with E-state index in [4.69, 9.17) is 9.15 Å². The topological polar surface area (TPSA) is 68.5 Å². The van der Waals surface area contributed by atoms with Crippen molar-refractivity contribution in [3.8, 4) is 28.7 Å². The van der Waals surface area contributed by atoms with Crippen LogP contribution in [-0.2, 0) is 6.54 Å². The quantitative estimate of drug-likeness (QED) is 0.302. The van der Waals surface area contributed by atoms with E-state index < -0.39 is 0 Å². The summed E-state index contributed by atoms with van der Waals surface area (Å²) in [7, 11) is 3.47. The molecule has 0 spiro atoms. The average molecular weight is 464 g/mol. The maximum atomic E-state index is 13.0. The molecule has 1 aromatic heterocycles. The fourth-order valence-electron chi connectivity index (χ4n) is 4.08. The Bertz CT molecular complexity index is 1510. The fraction of sp³-hybridized carbons (Fsp3) is 0.138. The van der Waals surface area contributed by atoms with Crippen LogP contribution >= 0.6 is 0 Å². The van der Waals surface area contributed by atoms with Gasteiger partial charge in [-0.1, -0.05) is 36.4 Å². The van der Waals surface area contributed by atoms with Gasteiger partial charge in [0.15, 0.2) is 0 Å². The number of rotatable bonds is 6. The summed E-state index contributed by atoms with van der Waals surface area (Å²) in [5.41, 5.74) is 4.40. The highest BCUT2D eigenvalue weighted by atomic mass is 16.5.